The molecular weight excluding hydrogens is 229 g/mol. The lowest BCUT2D eigenvalue weighted by Crippen LogP contribution is -2.03. The van der Waals surface area contributed by atoms with Gasteiger partial charge < -0.3 is 10.5 Å². The Labute approximate surface area is 106 Å². The summed E-state index contributed by atoms with van der Waals surface area (Å²) in [6.07, 6.45) is 0. The van der Waals surface area contributed by atoms with Crippen LogP contribution in [0.1, 0.15) is 16.7 Å². The summed E-state index contributed by atoms with van der Waals surface area (Å²) in [4.78, 5) is 0. The van der Waals surface area contributed by atoms with E-state index in [2.05, 4.69) is 0 Å². The minimum absolute atomic E-state index is 0.141. The molecule has 0 radical (unpaired) electrons. The van der Waals surface area contributed by atoms with Crippen molar-refractivity contribution in [1.29, 1.82) is 0 Å². The van der Waals surface area contributed by atoms with Crippen LogP contribution in [-0.4, -0.2) is 0 Å². The van der Waals surface area contributed by atoms with Crippen LogP contribution in [0.3, 0.4) is 0 Å². The van der Waals surface area contributed by atoms with Gasteiger partial charge in [-0.05, 0) is 37.6 Å². The van der Waals surface area contributed by atoms with Gasteiger partial charge in [0, 0.05) is 11.3 Å². The fraction of sp³-hybridized carbons (Fsp3) is 0.200. The van der Waals surface area contributed by atoms with E-state index in [4.69, 9.17) is 10.5 Å². The lowest BCUT2D eigenvalue weighted by Gasteiger charge is -2.11. The van der Waals surface area contributed by atoms with Crippen LogP contribution in [0.5, 0.6) is 5.75 Å². The van der Waals surface area contributed by atoms with Crippen molar-refractivity contribution in [2.45, 2.75) is 20.5 Å². The number of nitrogens with two attached hydrogens (primary N) is 1. The van der Waals surface area contributed by atoms with Gasteiger partial charge in [0.15, 0.2) is 0 Å². The molecule has 3 heteroatoms. The number of nitrogen functional groups attached to an aromatic ring is 1. The maximum Gasteiger partial charge on any atom is 0.131 e. The lowest BCUT2D eigenvalue weighted by molar-refractivity contribution is 0.298. The third-order valence-electron chi connectivity index (χ3n) is 2.86. The van der Waals surface area contributed by atoms with Crippen LogP contribution in [0.15, 0.2) is 36.4 Å². The molecule has 0 saturated carbocycles. The first-order valence-electron chi connectivity index (χ1n) is 5.81. The van der Waals surface area contributed by atoms with Crippen molar-refractivity contribution >= 4 is 5.69 Å². The van der Waals surface area contributed by atoms with E-state index in [1.807, 2.05) is 32.0 Å². The highest BCUT2D eigenvalue weighted by Gasteiger charge is 2.07. The van der Waals surface area contributed by atoms with Gasteiger partial charge in [0.1, 0.15) is 18.2 Å². The standard InChI is InChI=1S/C15H16FNO/c1-10-6-7-15(11(2)8-10)18-9-12-13(16)4-3-5-14(12)17/h3-8H,9,17H2,1-2H3. The predicted molar refractivity (Wildman–Crippen MR) is 71.1 cm³/mol. The second-order valence-electron chi connectivity index (χ2n) is 4.37. The van der Waals surface area contributed by atoms with Gasteiger partial charge in [0.25, 0.3) is 0 Å². The summed E-state index contributed by atoms with van der Waals surface area (Å²) < 4.78 is 19.2. The topological polar surface area (TPSA) is 35.2 Å². The molecule has 0 spiro atoms. The van der Waals surface area contributed by atoms with Crippen LogP contribution in [0.4, 0.5) is 10.1 Å². The van der Waals surface area contributed by atoms with Crippen molar-refractivity contribution in [3.05, 3.63) is 58.9 Å². The largest absolute Gasteiger partial charge is 0.488 e. The number of aryl methyl sites for hydroxylation is 2. The van der Waals surface area contributed by atoms with Crippen LogP contribution >= 0.6 is 0 Å². The molecular formula is C15H16FNO. The Hall–Kier alpha value is -2.03. The van der Waals surface area contributed by atoms with E-state index in [1.165, 1.54) is 11.6 Å². The van der Waals surface area contributed by atoms with E-state index in [9.17, 15) is 4.39 Å². The highest BCUT2D eigenvalue weighted by Crippen LogP contribution is 2.22. The number of rotatable bonds is 3. The molecule has 0 atom stereocenters. The van der Waals surface area contributed by atoms with Crippen molar-refractivity contribution in [3.63, 3.8) is 0 Å². The molecule has 0 saturated heterocycles. The molecule has 2 aromatic rings. The molecule has 0 amide bonds. The molecule has 2 nitrogen and oxygen atoms in total. The van der Waals surface area contributed by atoms with Crippen LogP contribution < -0.4 is 10.5 Å². The lowest BCUT2D eigenvalue weighted by atomic mass is 10.1. The molecule has 0 fully saturated rings. The van der Waals surface area contributed by atoms with Crippen LogP contribution in [0.2, 0.25) is 0 Å². The van der Waals surface area contributed by atoms with E-state index in [0.29, 0.717) is 11.3 Å². The van der Waals surface area contributed by atoms with Gasteiger partial charge in [-0.15, -0.1) is 0 Å². The van der Waals surface area contributed by atoms with Gasteiger partial charge in [-0.3, -0.25) is 0 Å². The van der Waals surface area contributed by atoms with Gasteiger partial charge in [0.2, 0.25) is 0 Å². The first-order valence-corrected chi connectivity index (χ1v) is 5.81. The molecule has 0 aliphatic carbocycles. The fourth-order valence-electron chi connectivity index (χ4n) is 1.84. The summed E-state index contributed by atoms with van der Waals surface area (Å²) in [5.74, 6) is 0.419. The Kier molecular flexibility index (Phi) is 3.51. The Bertz CT molecular complexity index is 546. The van der Waals surface area contributed by atoms with E-state index >= 15 is 0 Å². The Morgan fingerprint density at radius 1 is 1.17 bits per heavy atom. The SMILES string of the molecule is Cc1ccc(OCc2c(N)cccc2F)c(C)c1. The Morgan fingerprint density at radius 2 is 1.94 bits per heavy atom. The molecule has 0 bridgehead atoms. The molecule has 94 valence electrons. The summed E-state index contributed by atoms with van der Waals surface area (Å²) >= 11 is 0. The highest BCUT2D eigenvalue weighted by molar-refractivity contribution is 5.47. The maximum absolute atomic E-state index is 13.6. The van der Waals surface area contributed by atoms with Crippen molar-refractivity contribution in [1.82, 2.24) is 0 Å². The van der Waals surface area contributed by atoms with Gasteiger partial charge in [0.05, 0.1) is 0 Å². The van der Waals surface area contributed by atoms with E-state index < -0.39 is 0 Å². The van der Waals surface area contributed by atoms with Gasteiger partial charge >= 0.3 is 0 Å². The first kappa shape index (κ1) is 12.4. The smallest absolute Gasteiger partial charge is 0.131 e. The summed E-state index contributed by atoms with van der Waals surface area (Å²) in [5.41, 5.74) is 8.75. The number of ether oxygens (including phenoxy) is 1. The van der Waals surface area contributed by atoms with Crippen molar-refractivity contribution in [2.75, 3.05) is 5.73 Å². The van der Waals surface area contributed by atoms with Crippen molar-refractivity contribution in [3.8, 4) is 5.75 Å². The molecule has 0 unspecified atom stereocenters. The Balaban J connectivity index is 2.16. The predicted octanol–water partition coefficient (Wildman–Crippen LogP) is 3.60. The zero-order valence-corrected chi connectivity index (χ0v) is 10.5. The zero-order valence-electron chi connectivity index (χ0n) is 10.5. The molecule has 2 aromatic carbocycles. The number of anilines is 1. The third-order valence-corrected chi connectivity index (χ3v) is 2.86. The normalized spacial score (nSPS) is 10.4. The molecule has 0 aliphatic rings. The molecule has 0 heterocycles. The maximum atomic E-state index is 13.6. The third kappa shape index (κ3) is 2.62. The summed E-state index contributed by atoms with van der Waals surface area (Å²) in [6, 6.07) is 10.5. The molecule has 0 aromatic heterocycles. The van der Waals surface area contributed by atoms with Gasteiger partial charge in [-0.25, -0.2) is 4.39 Å². The summed E-state index contributed by atoms with van der Waals surface area (Å²) in [6.45, 7) is 4.13. The van der Waals surface area contributed by atoms with Crippen LogP contribution in [0, 0.1) is 19.7 Å². The average Bonchev–Trinajstić information content (AvgIpc) is 2.31. The fourth-order valence-corrected chi connectivity index (χ4v) is 1.84. The average molecular weight is 245 g/mol. The highest BCUT2D eigenvalue weighted by atomic mass is 19.1. The zero-order chi connectivity index (χ0) is 13.1. The Morgan fingerprint density at radius 3 is 2.61 bits per heavy atom. The van der Waals surface area contributed by atoms with Crippen LogP contribution in [-0.2, 0) is 6.61 Å². The molecule has 18 heavy (non-hydrogen) atoms. The van der Waals surface area contributed by atoms with Crippen molar-refractivity contribution < 1.29 is 9.13 Å². The van der Waals surface area contributed by atoms with E-state index in [-0.39, 0.29) is 12.4 Å². The molecule has 2 N–H and O–H groups in total. The second-order valence-corrected chi connectivity index (χ2v) is 4.37. The molecule has 2 rings (SSSR count). The quantitative estimate of drug-likeness (QED) is 0.838. The second kappa shape index (κ2) is 5.08. The summed E-state index contributed by atoms with van der Waals surface area (Å²) in [5, 5.41) is 0. The molecule has 0 aliphatic heterocycles. The number of halogens is 1. The first-order chi connectivity index (χ1) is 8.58. The number of hydrogen-bond acceptors (Lipinski definition) is 2. The number of hydrogen-bond donors (Lipinski definition) is 1. The number of benzene rings is 2. The monoisotopic (exact) mass is 245 g/mol. The van der Waals surface area contributed by atoms with Crippen LogP contribution in [0.25, 0.3) is 0 Å². The summed E-state index contributed by atoms with van der Waals surface area (Å²) in [7, 11) is 0. The van der Waals surface area contributed by atoms with Gasteiger partial charge in [-0.1, -0.05) is 23.8 Å². The minimum atomic E-state index is -0.334. The van der Waals surface area contributed by atoms with Crippen molar-refractivity contribution in [2.24, 2.45) is 0 Å². The van der Waals surface area contributed by atoms with E-state index in [1.54, 1.807) is 12.1 Å². The minimum Gasteiger partial charge on any atom is -0.488 e. The van der Waals surface area contributed by atoms with Gasteiger partial charge in [-0.2, -0.15) is 0 Å². The van der Waals surface area contributed by atoms with E-state index in [0.717, 1.165) is 11.3 Å².